The van der Waals surface area contributed by atoms with Crippen LogP contribution in [0.5, 0.6) is 5.75 Å². The zero-order chi connectivity index (χ0) is 22.0. The van der Waals surface area contributed by atoms with Gasteiger partial charge in [-0.3, -0.25) is 9.78 Å². The summed E-state index contributed by atoms with van der Waals surface area (Å²) in [5, 5.41) is 14.3. The standard InChI is InChI=1S/C26H31N3O2.2ClH/c1-17(30)24-15-27-25-13-8-20(19-6-11-22(31)12-7-19)14-23(25)26(24)28-21-9-4-18(5-10-21)16-29(2)3;;/h6-8,11-15,18,21,31H,4-5,9-10,16H2,1-3H3,(H,27,28);2*1H/t18-,21-;;. The lowest BCUT2D eigenvalue weighted by Gasteiger charge is -2.32. The van der Waals surface area contributed by atoms with Crippen molar-refractivity contribution < 1.29 is 9.90 Å². The fourth-order valence-electron chi connectivity index (χ4n) is 4.66. The van der Waals surface area contributed by atoms with Gasteiger partial charge < -0.3 is 15.3 Å². The Morgan fingerprint density at radius 1 is 1.03 bits per heavy atom. The number of phenols is 1. The molecule has 0 unspecified atom stereocenters. The average molecular weight is 490 g/mol. The normalized spacial score (nSPS) is 17.8. The van der Waals surface area contributed by atoms with Crippen molar-refractivity contribution in [1.82, 2.24) is 9.88 Å². The second kappa shape index (κ2) is 11.7. The SMILES string of the molecule is CC(=O)c1cnc2ccc(-c3ccc(O)cc3)cc2c1N[C@H]1CC[C@H](CN(C)C)CC1.Cl.Cl. The van der Waals surface area contributed by atoms with Crippen LogP contribution in [0.2, 0.25) is 0 Å². The zero-order valence-electron chi connectivity index (χ0n) is 19.4. The number of aromatic nitrogens is 1. The van der Waals surface area contributed by atoms with Gasteiger partial charge in [-0.2, -0.15) is 0 Å². The Kier molecular flexibility index (Phi) is 9.53. The number of aromatic hydroxyl groups is 1. The highest BCUT2D eigenvalue weighted by Gasteiger charge is 2.23. The summed E-state index contributed by atoms with van der Waals surface area (Å²) in [6.07, 6.45) is 6.32. The number of hydrogen-bond acceptors (Lipinski definition) is 5. The van der Waals surface area contributed by atoms with Gasteiger partial charge in [0, 0.05) is 24.2 Å². The molecule has 2 N–H and O–H groups in total. The van der Waals surface area contributed by atoms with E-state index in [1.165, 1.54) is 12.8 Å². The minimum absolute atomic E-state index is 0. The van der Waals surface area contributed by atoms with Gasteiger partial charge in [-0.05, 0) is 88.0 Å². The number of carbonyl (C=O) groups excluding carboxylic acids is 1. The van der Waals surface area contributed by atoms with E-state index in [4.69, 9.17) is 0 Å². The molecular formula is C26H33Cl2N3O2. The monoisotopic (exact) mass is 489 g/mol. The molecule has 1 saturated carbocycles. The minimum Gasteiger partial charge on any atom is -0.508 e. The van der Waals surface area contributed by atoms with E-state index >= 15 is 0 Å². The van der Waals surface area contributed by atoms with Crippen LogP contribution >= 0.6 is 24.8 Å². The van der Waals surface area contributed by atoms with Crippen LogP contribution in [-0.4, -0.2) is 47.5 Å². The first-order chi connectivity index (χ1) is 14.9. The van der Waals surface area contributed by atoms with Crippen LogP contribution in [0.1, 0.15) is 43.0 Å². The van der Waals surface area contributed by atoms with Crippen molar-refractivity contribution in [2.45, 2.75) is 38.6 Å². The first-order valence-electron chi connectivity index (χ1n) is 11.0. The Labute approximate surface area is 208 Å². The first-order valence-corrected chi connectivity index (χ1v) is 11.0. The summed E-state index contributed by atoms with van der Waals surface area (Å²) in [5.74, 6) is 1.01. The lowest BCUT2D eigenvalue weighted by molar-refractivity contribution is 0.101. The third-order valence-corrected chi connectivity index (χ3v) is 6.27. The fourth-order valence-corrected chi connectivity index (χ4v) is 4.66. The molecule has 0 aliphatic heterocycles. The number of hydrogen-bond donors (Lipinski definition) is 2. The predicted octanol–water partition coefficient (Wildman–Crippen LogP) is 6.19. The van der Waals surface area contributed by atoms with E-state index < -0.39 is 0 Å². The van der Waals surface area contributed by atoms with E-state index in [1.807, 2.05) is 24.3 Å². The van der Waals surface area contributed by atoms with Crippen molar-refractivity contribution in [2.24, 2.45) is 5.92 Å². The largest absolute Gasteiger partial charge is 0.508 e. The topological polar surface area (TPSA) is 65.5 Å². The van der Waals surface area contributed by atoms with Gasteiger partial charge in [0.1, 0.15) is 5.75 Å². The number of carbonyl (C=O) groups is 1. The molecule has 178 valence electrons. The summed E-state index contributed by atoms with van der Waals surface area (Å²) in [5.41, 5.74) is 4.46. The van der Waals surface area contributed by atoms with Crippen molar-refractivity contribution in [2.75, 3.05) is 26.0 Å². The highest BCUT2D eigenvalue weighted by atomic mass is 35.5. The summed E-state index contributed by atoms with van der Waals surface area (Å²) >= 11 is 0. The number of fused-ring (bicyclic) bond motifs is 1. The first kappa shape index (κ1) is 26.9. The molecule has 0 bridgehead atoms. The molecule has 5 nitrogen and oxygen atoms in total. The summed E-state index contributed by atoms with van der Waals surface area (Å²) in [6, 6.07) is 13.7. The number of ketones is 1. The summed E-state index contributed by atoms with van der Waals surface area (Å²) in [4.78, 5) is 19.2. The maximum Gasteiger partial charge on any atom is 0.163 e. The van der Waals surface area contributed by atoms with Gasteiger partial charge in [-0.1, -0.05) is 18.2 Å². The molecule has 3 aromatic rings. The third kappa shape index (κ3) is 6.38. The Bertz CT molecular complexity index is 1080. The van der Waals surface area contributed by atoms with Crippen LogP contribution in [0.15, 0.2) is 48.7 Å². The lowest BCUT2D eigenvalue weighted by Crippen LogP contribution is -2.31. The Hall–Kier alpha value is -2.34. The smallest absolute Gasteiger partial charge is 0.163 e. The van der Waals surface area contributed by atoms with Crippen molar-refractivity contribution in [1.29, 1.82) is 0 Å². The summed E-state index contributed by atoms with van der Waals surface area (Å²) in [6.45, 7) is 2.74. The van der Waals surface area contributed by atoms with Crippen molar-refractivity contribution in [3.63, 3.8) is 0 Å². The number of benzene rings is 2. The lowest BCUT2D eigenvalue weighted by atomic mass is 9.85. The number of nitrogens with zero attached hydrogens (tertiary/aromatic N) is 2. The molecule has 0 saturated heterocycles. The number of halogens is 2. The van der Waals surface area contributed by atoms with Gasteiger partial charge in [0.05, 0.1) is 16.8 Å². The van der Waals surface area contributed by atoms with E-state index in [-0.39, 0.29) is 36.3 Å². The van der Waals surface area contributed by atoms with Crippen LogP contribution in [0.4, 0.5) is 5.69 Å². The number of nitrogens with one attached hydrogen (secondary N) is 1. The Balaban J connectivity index is 0.00000193. The molecule has 0 spiro atoms. The third-order valence-electron chi connectivity index (χ3n) is 6.27. The van der Waals surface area contributed by atoms with Crippen LogP contribution < -0.4 is 5.32 Å². The number of anilines is 1. The molecule has 0 atom stereocenters. The van der Waals surface area contributed by atoms with Crippen LogP contribution in [0.3, 0.4) is 0 Å². The molecule has 1 heterocycles. The quantitative estimate of drug-likeness (QED) is 0.404. The molecule has 0 radical (unpaired) electrons. The molecule has 7 heteroatoms. The molecule has 33 heavy (non-hydrogen) atoms. The van der Waals surface area contributed by atoms with Crippen molar-refractivity contribution >= 4 is 47.2 Å². The fraction of sp³-hybridized carbons (Fsp3) is 0.385. The number of phenolic OH excluding ortho intramolecular Hbond substituents is 1. The predicted molar refractivity (Wildman–Crippen MR) is 141 cm³/mol. The summed E-state index contributed by atoms with van der Waals surface area (Å²) in [7, 11) is 4.27. The zero-order valence-corrected chi connectivity index (χ0v) is 21.0. The highest BCUT2D eigenvalue weighted by Crippen LogP contribution is 2.34. The van der Waals surface area contributed by atoms with Crippen molar-refractivity contribution in [3.8, 4) is 16.9 Å². The molecule has 4 rings (SSSR count). The van der Waals surface area contributed by atoms with Gasteiger partial charge in [0.15, 0.2) is 5.78 Å². The number of pyridine rings is 1. The van der Waals surface area contributed by atoms with Crippen LogP contribution in [-0.2, 0) is 0 Å². The molecule has 1 aliphatic rings. The van der Waals surface area contributed by atoms with Crippen molar-refractivity contribution in [3.05, 3.63) is 54.2 Å². The van der Waals surface area contributed by atoms with Gasteiger partial charge in [0.25, 0.3) is 0 Å². The molecule has 1 aromatic heterocycles. The van der Waals surface area contributed by atoms with Gasteiger partial charge >= 0.3 is 0 Å². The molecule has 1 fully saturated rings. The van der Waals surface area contributed by atoms with Crippen LogP contribution in [0.25, 0.3) is 22.0 Å². The van der Waals surface area contributed by atoms with Crippen LogP contribution in [0, 0.1) is 5.92 Å². The molecule has 0 amide bonds. The van der Waals surface area contributed by atoms with E-state index in [0.29, 0.717) is 11.6 Å². The van der Waals surface area contributed by atoms with E-state index in [9.17, 15) is 9.90 Å². The number of Topliss-reactive ketones (excluding diaryl/α,β-unsaturated/α-hetero) is 1. The van der Waals surface area contributed by atoms with E-state index in [0.717, 1.165) is 53.0 Å². The van der Waals surface area contributed by atoms with E-state index in [2.05, 4.69) is 35.4 Å². The second-order valence-corrected chi connectivity index (χ2v) is 9.01. The van der Waals surface area contributed by atoms with Gasteiger partial charge in [0.2, 0.25) is 0 Å². The Morgan fingerprint density at radius 2 is 1.67 bits per heavy atom. The highest BCUT2D eigenvalue weighted by molar-refractivity contribution is 6.07. The number of rotatable bonds is 6. The second-order valence-electron chi connectivity index (χ2n) is 9.01. The van der Waals surface area contributed by atoms with Gasteiger partial charge in [-0.25, -0.2) is 0 Å². The molecular weight excluding hydrogens is 457 g/mol. The maximum atomic E-state index is 12.4. The van der Waals surface area contributed by atoms with E-state index in [1.54, 1.807) is 25.3 Å². The average Bonchev–Trinajstić information content (AvgIpc) is 2.75. The molecule has 1 aliphatic carbocycles. The molecule has 2 aromatic carbocycles. The minimum atomic E-state index is 0. The van der Waals surface area contributed by atoms with Gasteiger partial charge in [-0.15, -0.1) is 24.8 Å². The Morgan fingerprint density at radius 3 is 2.27 bits per heavy atom. The maximum absolute atomic E-state index is 12.4. The summed E-state index contributed by atoms with van der Waals surface area (Å²) < 4.78 is 0.